The monoisotopic (exact) mass is 218 g/mol. The topological polar surface area (TPSA) is 0 Å². The van der Waals surface area contributed by atoms with Crippen molar-refractivity contribution in [2.45, 2.75) is 25.4 Å². The Balaban J connectivity index is 2.31. The zero-order valence-corrected chi connectivity index (χ0v) is 8.11. The van der Waals surface area contributed by atoms with Crippen molar-refractivity contribution in [3.63, 3.8) is 0 Å². The Labute approximate surface area is 84.9 Å². The molecule has 0 bridgehead atoms. The minimum atomic E-state index is -4.60. The summed E-state index contributed by atoms with van der Waals surface area (Å²) < 4.78 is 49.8. The number of hydrogen-bond acceptors (Lipinski definition) is 0. The second-order valence-corrected chi connectivity index (χ2v) is 4.06. The van der Waals surface area contributed by atoms with Crippen LogP contribution in [0.5, 0.6) is 0 Å². The van der Waals surface area contributed by atoms with Crippen LogP contribution in [0.3, 0.4) is 0 Å². The fraction of sp³-hybridized carbons (Fsp3) is 0.455. The maximum Gasteiger partial charge on any atom is 0.419 e. The van der Waals surface area contributed by atoms with Gasteiger partial charge >= 0.3 is 6.18 Å². The SMILES string of the molecule is CC1C[C@@H]1c1ccc(C(F)(F)F)c(F)c1. The molecule has 0 heterocycles. The Kier molecular flexibility index (Phi) is 2.24. The molecule has 0 saturated heterocycles. The standard InChI is InChI=1S/C11H10F4/c1-6-4-8(6)7-2-3-9(10(12)5-7)11(13,14)15/h2-3,5-6,8H,4H2,1H3/t6?,8-/m0/s1. The van der Waals surface area contributed by atoms with Gasteiger partial charge in [0, 0.05) is 0 Å². The van der Waals surface area contributed by atoms with Crippen LogP contribution >= 0.6 is 0 Å². The number of alkyl halides is 3. The van der Waals surface area contributed by atoms with Crippen molar-refractivity contribution in [3.05, 3.63) is 35.1 Å². The van der Waals surface area contributed by atoms with Crippen LogP contribution in [0.4, 0.5) is 17.6 Å². The van der Waals surface area contributed by atoms with Crippen molar-refractivity contribution in [1.82, 2.24) is 0 Å². The molecule has 0 spiro atoms. The molecule has 4 heteroatoms. The molecule has 0 N–H and O–H groups in total. The molecule has 2 rings (SSSR count). The lowest BCUT2D eigenvalue weighted by molar-refractivity contribution is -0.140. The van der Waals surface area contributed by atoms with Crippen LogP contribution in [0.25, 0.3) is 0 Å². The summed E-state index contributed by atoms with van der Waals surface area (Å²) in [5.74, 6) is -0.470. The zero-order chi connectivity index (χ0) is 11.2. The van der Waals surface area contributed by atoms with Crippen molar-refractivity contribution in [1.29, 1.82) is 0 Å². The average Bonchev–Trinajstić information content (AvgIpc) is 2.80. The molecule has 1 aromatic rings. The van der Waals surface area contributed by atoms with Gasteiger partial charge in [0.2, 0.25) is 0 Å². The molecule has 0 aromatic heterocycles. The predicted molar refractivity (Wildman–Crippen MR) is 47.9 cm³/mol. The number of halogens is 4. The Bertz CT molecular complexity index is 381. The molecule has 1 fully saturated rings. The van der Waals surface area contributed by atoms with E-state index in [4.69, 9.17) is 0 Å². The minimum Gasteiger partial charge on any atom is -0.206 e. The lowest BCUT2D eigenvalue weighted by Crippen LogP contribution is -2.08. The summed E-state index contributed by atoms with van der Waals surface area (Å²) in [6, 6.07) is 3.22. The van der Waals surface area contributed by atoms with Crippen LogP contribution in [0.15, 0.2) is 18.2 Å². The first-order chi connectivity index (χ1) is 6.89. The average molecular weight is 218 g/mol. The van der Waals surface area contributed by atoms with Crippen LogP contribution in [0, 0.1) is 11.7 Å². The van der Waals surface area contributed by atoms with Gasteiger partial charge in [-0.1, -0.05) is 13.0 Å². The van der Waals surface area contributed by atoms with Gasteiger partial charge in [-0.3, -0.25) is 0 Å². The minimum absolute atomic E-state index is 0.238. The third-order valence-electron chi connectivity index (χ3n) is 2.84. The lowest BCUT2D eigenvalue weighted by atomic mass is 10.1. The molecule has 1 aromatic carbocycles. The van der Waals surface area contributed by atoms with E-state index in [0.29, 0.717) is 11.5 Å². The van der Waals surface area contributed by atoms with Crippen molar-refractivity contribution in [3.8, 4) is 0 Å². The molecule has 82 valence electrons. The largest absolute Gasteiger partial charge is 0.419 e. The van der Waals surface area contributed by atoms with E-state index in [1.165, 1.54) is 6.07 Å². The van der Waals surface area contributed by atoms with E-state index in [1.807, 2.05) is 6.92 Å². The molecule has 2 atom stereocenters. The van der Waals surface area contributed by atoms with Crippen LogP contribution in [0.2, 0.25) is 0 Å². The Hall–Kier alpha value is -1.06. The predicted octanol–water partition coefficient (Wildman–Crippen LogP) is 3.97. The van der Waals surface area contributed by atoms with Crippen LogP contribution in [-0.4, -0.2) is 0 Å². The molecular weight excluding hydrogens is 208 g/mol. The molecule has 1 aliphatic carbocycles. The molecular formula is C11H10F4. The highest BCUT2D eigenvalue weighted by atomic mass is 19.4. The first kappa shape index (κ1) is 10.5. The smallest absolute Gasteiger partial charge is 0.206 e. The summed E-state index contributed by atoms with van der Waals surface area (Å²) in [4.78, 5) is 0. The van der Waals surface area contributed by atoms with E-state index in [0.717, 1.165) is 18.6 Å². The third-order valence-corrected chi connectivity index (χ3v) is 2.84. The van der Waals surface area contributed by atoms with Crippen molar-refractivity contribution in [2.24, 2.45) is 5.92 Å². The highest BCUT2D eigenvalue weighted by Crippen LogP contribution is 2.47. The van der Waals surface area contributed by atoms with Crippen molar-refractivity contribution >= 4 is 0 Å². The lowest BCUT2D eigenvalue weighted by Gasteiger charge is -2.09. The second kappa shape index (κ2) is 3.22. The van der Waals surface area contributed by atoms with Gasteiger partial charge in [-0.05, 0) is 36.0 Å². The summed E-state index contributed by atoms with van der Waals surface area (Å²) in [5, 5.41) is 0. The molecule has 1 aliphatic rings. The quantitative estimate of drug-likeness (QED) is 0.625. The number of benzene rings is 1. The molecule has 0 radical (unpaired) electrons. The first-order valence-corrected chi connectivity index (χ1v) is 4.76. The summed E-state index contributed by atoms with van der Waals surface area (Å²) in [7, 11) is 0. The van der Waals surface area contributed by atoms with E-state index in [2.05, 4.69) is 0 Å². The van der Waals surface area contributed by atoms with Crippen molar-refractivity contribution < 1.29 is 17.6 Å². The fourth-order valence-electron chi connectivity index (χ4n) is 1.78. The molecule has 0 amide bonds. The fourth-order valence-corrected chi connectivity index (χ4v) is 1.78. The second-order valence-electron chi connectivity index (χ2n) is 4.06. The maximum absolute atomic E-state index is 13.1. The van der Waals surface area contributed by atoms with E-state index in [-0.39, 0.29) is 5.92 Å². The highest BCUT2D eigenvalue weighted by Gasteiger charge is 2.37. The molecule has 0 nitrogen and oxygen atoms in total. The Morgan fingerprint density at radius 3 is 2.27 bits per heavy atom. The van der Waals surface area contributed by atoms with Crippen LogP contribution in [-0.2, 0) is 6.18 Å². The number of rotatable bonds is 1. The molecule has 0 aliphatic heterocycles. The van der Waals surface area contributed by atoms with Gasteiger partial charge in [-0.15, -0.1) is 0 Å². The molecule has 15 heavy (non-hydrogen) atoms. The van der Waals surface area contributed by atoms with Crippen LogP contribution in [0.1, 0.15) is 30.4 Å². The van der Waals surface area contributed by atoms with Gasteiger partial charge in [-0.25, -0.2) is 4.39 Å². The number of hydrogen-bond donors (Lipinski definition) is 0. The van der Waals surface area contributed by atoms with Gasteiger partial charge in [0.15, 0.2) is 0 Å². The van der Waals surface area contributed by atoms with Gasteiger partial charge in [0.25, 0.3) is 0 Å². The summed E-state index contributed by atoms with van der Waals surface area (Å²) in [5.41, 5.74) is -0.507. The third kappa shape index (κ3) is 1.98. The van der Waals surface area contributed by atoms with Crippen molar-refractivity contribution in [2.75, 3.05) is 0 Å². The van der Waals surface area contributed by atoms with E-state index >= 15 is 0 Å². The molecule has 1 unspecified atom stereocenters. The van der Waals surface area contributed by atoms with Crippen LogP contribution < -0.4 is 0 Å². The molecule has 1 saturated carbocycles. The zero-order valence-electron chi connectivity index (χ0n) is 8.11. The van der Waals surface area contributed by atoms with E-state index in [9.17, 15) is 17.6 Å². The van der Waals surface area contributed by atoms with Gasteiger partial charge in [-0.2, -0.15) is 13.2 Å². The summed E-state index contributed by atoms with van der Waals surface area (Å²) >= 11 is 0. The summed E-state index contributed by atoms with van der Waals surface area (Å²) in [6.45, 7) is 2.00. The maximum atomic E-state index is 13.1. The summed E-state index contributed by atoms with van der Waals surface area (Å²) in [6.07, 6.45) is -3.66. The Morgan fingerprint density at radius 2 is 1.87 bits per heavy atom. The van der Waals surface area contributed by atoms with Gasteiger partial charge in [0.05, 0.1) is 5.56 Å². The Morgan fingerprint density at radius 1 is 1.27 bits per heavy atom. The van der Waals surface area contributed by atoms with Gasteiger partial charge < -0.3 is 0 Å². The first-order valence-electron chi connectivity index (χ1n) is 4.76. The van der Waals surface area contributed by atoms with E-state index in [1.54, 1.807) is 0 Å². The van der Waals surface area contributed by atoms with Gasteiger partial charge in [0.1, 0.15) is 5.82 Å². The van der Waals surface area contributed by atoms with E-state index < -0.39 is 17.6 Å². The highest BCUT2D eigenvalue weighted by molar-refractivity contribution is 5.31. The normalized spacial score (nSPS) is 25.4.